The Hall–Kier alpha value is -5.11. The number of Topliss-reactive ketones (excluding diaryl/α,β-unsaturated/α-hetero) is 2. The molecule has 1 unspecified atom stereocenters. The number of piperidine rings is 1. The van der Waals surface area contributed by atoms with Crippen molar-refractivity contribution in [3.63, 3.8) is 0 Å². The number of amides is 2. The van der Waals surface area contributed by atoms with Gasteiger partial charge in [-0.25, -0.2) is 4.39 Å². The molecule has 2 atom stereocenters. The number of imide groups is 1. The van der Waals surface area contributed by atoms with Gasteiger partial charge in [0.25, 0.3) is 0 Å². The van der Waals surface area contributed by atoms with Crippen LogP contribution in [0.4, 0.5) is 10.2 Å². The SMILES string of the molecule is C#Cc1c(F)ccc2cc(O)cc(-c3ncc4c(N5CCC[C@@](C)(O)C5)nc(OCC5([CH2-])CC5)nc4c3C)c12.O=C1CCCC(=O)C(N2C(=O)c3c[c-]ccc3C2=O)CC1.[CH2-]CC(C[CH2-])CN(C[CH2-])C[CH2-].[Li+].[Li+]. The van der Waals surface area contributed by atoms with Gasteiger partial charge >= 0.3 is 43.7 Å². The maximum Gasteiger partial charge on any atom is 1.00 e. The molecule has 4 heterocycles. The van der Waals surface area contributed by atoms with Gasteiger partial charge in [-0.15, -0.1) is 24.9 Å². The molecule has 5 aromatic rings. The molecule has 13 nitrogen and oxygen atoms in total. The van der Waals surface area contributed by atoms with E-state index in [1.165, 1.54) is 18.2 Å². The van der Waals surface area contributed by atoms with Gasteiger partial charge in [0.1, 0.15) is 23.2 Å². The molecule has 376 valence electrons. The fourth-order valence-corrected chi connectivity index (χ4v) is 9.35. The predicted octanol–water partition coefficient (Wildman–Crippen LogP) is 2.91. The molecule has 0 spiro atoms. The number of nitrogens with zero attached hydrogens (tertiary/aromatic N) is 6. The zero-order chi connectivity index (χ0) is 51.2. The second-order valence-corrected chi connectivity index (χ2v) is 19.4. The fraction of sp³-hybridized carbons (Fsp3) is 0.404. The van der Waals surface area contributed by atoms with Gasteiger partial charge < -0.3 is 59.4 Å². The third-order valence-electron chi connectivity index (χ3n) is 13.8. The van der Waals surface area contributed by atoms with Crippen molar-refractivity contribution in [1.82, 2.24) is 24.8 Å². The van der Waals surface area contributed by atoms with Crippen LogP contribution in [0.1, 0.15) is 109 Å². The standard InChI is InChI=1S/C31H30FN4O3.C16H14NO4.C10H19N.2Li/c1-5-21-24(32)8-7-19-13-20(37)14-22(25(19)21)26-18(2)27-23(15-33-26)28(36-12-6-9-31(4,38)16-36)35-29(34-27)39-17-30(3)10-11-30;18-10-4-3-7-14(19)13(9-8-10)17-15(20)11-5-1-2-6-12(11)16(17)21;1-5-10(6-2)9-11(7-3)8-4;;/h1,7-8,13-15,37-38H,3,6,9-12,16-17H2,2,4H3;1,5-6,13H,3-4,7-9H2;10H,1-9H2;;/q2*-1;-4;2*+1/t31-;;;;/m1..../s1. The Bertz CT molecular complexity index is 2810. The number of phenols is 1. The van der Waals surface area contributed by atoms with E-state index in [0.717, 1.165) is 63.2 Å². The van der Waals surface area contributed by atoms with Crippen LogP contribution in [0, 0.1) is 77.1 Å². The van der Waals surface area contributed by atoms with Crippen LogP contribution in [0.15, 0.2) is 48.7 Å². The number of rotatable bonds is 12. The number of pyridine rings is 1. The van der Waals surface area contributed by atoms with Crippen molar-refractivity contribution >= 4 is 50.9 Å². The number of carbonyl (C=O) groups is 4. The first-order valence-corrected chi connectivity index (χ1v) is 24.3. The number of hydrogen-bond donors (Lipinski definition) is 2. The van der Waals surface area contributed by atoms with E-state index < -0.39 is 29.3 Å². The van der Waals surface area contributed by atoms with E-state index in [0.29, 0.717) is 88.2 Å². The number of carbonyl (C=O) groups excluding carboxylic acids is 4. The molecule has 2 aliphatic carbocycles. The van der Waals surface area contributed by atoms with Gasteiger partial charge in [-0.3, -0.25) is 29.1 Å². The van der Waals surface area contributed by atoms with E-state index >= 15 is 0 Å². The summed E-state index contributed by atoms with van der Waals surface area (Å²) in [4.78, 5) is 68.2. The number of anilines is 1. The predicted molar refractivity (Wildman–Crippen MR) is 272 cm³/mol. The number of phenolic OH excluding ortho intramolecular Hbond substituents is 1. The number of ketones is 2. The minimum Gasteiger partial charge on any atom is -0.508 e. The van der Waals surface area contributed by atoms with Crippen LogP contribution >= 0.6 is 0 Å². The number of hydrogen-bond acceptors (Lipinski definition) is 12. The molecule has 4 aliphatic rings. The summed E-state index contributed by atoms with van der Waals surface area (Å²) in [5, 5.41) is 23.1. The molecule has 2 saturated carbocycles. The largest absolute Gasteiger partial charge is 1.00 e. The summed E-state index contributed by atoms with van der Waals surface area (Å²) >= 11 is 0. The molecule has 2 N–H and O–H groups in total. The Balaban J connectivity index is 0.000000244. The minimum atomic E-state index is -0.847. The number of fused-ring (bicyclic) bond motifs is 3. The average Bonchev–Trinajstić information content (AvgIpc) is 4.05. The van der Waals surface area contributed by atoms with Gasteiger partial charge in [-0.1, -0.05) is 41.9 Å². The Labute approximate surface area is 453 Å². The van der Waals surface area contributed by atoms with Gasteiger partial charge in [0, 0.05) is 55.1 Å². The summed E-state index contributed by atoms with van der Waals surface area (Å²) in [7, 11) is 0. The molecule has 2 amide bonds. The first-order chi connectivity index (χ1) is 33.9. The van der Waals surface area contributed by atoms with Crippen molar-refractivity contribution in [3.05, 3.63) is 117 Å². The van der Waals surface area contributed by atoms with E-state index in [9.17, 15) is 33.8 Å². The van der Waals surface area contributed by atoms with Gasteiger partial charge in [0.15, 0.2) is 5.78 Å². The van der Waals surface area contributed by atoms with Crippen LogP contribution in [0.3, 0.4) is 0 Å². The topological polar surface area (TPSA) is 166 Å². The van der Waals surface area contributed by atoms with Crippen LogP contribution in [0.5, 0.6) is 11.8 Å². The molecule has 3 aromatic carbocycles. The summed E-state index contributed by atoms with van der Waals surface area (Å²) in [6.45, 7) is 27.6. The van der Waals surface area contributed by atoms with Crippen LogP contribution in [-0.4, -0.2) is 109 Å². The first-order valence-electron chi connectivity index (χ1n) is 24.3. The summed E-state index contributed by atoms with van der Waals surface area (Å²) in [6, 6.07) is 12.7. The monoisotopic (exact) mass is 977 g/mol. The Kier molecular flexibility index (Phi) is 20.5. The number of terminal acetylenes is 1. The molecule has 0 bridgehead atoms. The van der Waals surface area contributed by atoms with Crippen molar-refractivity contribution < 1.29 is 76.2 Å². The van der Waals surface area contributed by atoms with E-state index in [-0.39, 0.29) is 96.9 Å². The summed E-state index contributed by atoms with van der Waals surface area (Å²) in [6.07, 6.45) is 14.4. The Morgan fingerprint density at radius 3 is 2.33 bits per heavy atom. The van der Waals surface area contributed by atoms with Gasteiger partial charge in [0.2, 0.25) is 11.8 Å². The Morgan fingerprint density at radius 1 is 0.973 bits per heavy atom. The molecular formula is C57H63FLi2N6O7-4. The third kappa shape index (κ3) is 13.6. The van der Waals surface area contributed by atoms with Crippen molar-refractivity contribution in [1.29, 1.82) is 0 Å². The molecule has 73 heavy (non-hydrogen) atoms. The molecule has 1 saturated heterocycles. The number of β-amino-alcohol motifs (C(OH)–C–C–N with tert-alkyl or cyclic N) is 1. The van der Waals surface area contributed by atoms with E-state index in [4.69, 9.17) is 26.1 Å². The minimum absolute atomic E-state index is 0. The normalized spacial score (nSPS) is 19.2. The number of benzene rings is 3. The smallest absolute Gasteiger partial charge is 0.508 e. The number of halogens is 1. The van der Waals surface area contributed by atoms with Gasteiger partial charge in [-0.05, 0) is 69.7 Å². The number of aromatic hydroxyl groups is 1. The van der Waals surface area contributed by atoms with Crippen LogP contribution in [0.2, 0.25) is 0 Å². The van der Waals surface area contributed by atoms with Crippen LogP contribution in [0.25, 0.3) is 32.9 Å². The van der Waals surface area contributed by atoms with Crippen molar-refractivity contribution in [2.45, 2.75) is 96.1 Å². The van der Waals surface area contributed by atoms with Crippen molar-refractivity contribution in [2.75, 3.05) is 44.2 Å². The summed E-state index contributed by atoms with van der Waals surface area (Å²) in [5.41, 5.74) is 2.09. The van der Waals surface area contributed by atoms with Crippen LogP contribution in [-0.2, 0) is 9.59 Å². The van der Waals surface area contributed by atoms with Gasteiger partial charge in [-0.2, -0.15) is 47.1 Å². The van der Waals surface area contributed by atoms with E-state index in [1.54, 1.807) is 30.5 Å². The summed E-state index contributed by atoms with van der Waals surface area (Å²) in [5.74, 6) is 2.25. The summed E-state index contributed by atoms with van der Waals surface area (Å²) < 4.78 is 20.8. The number of aryl methyl sites for hydroxylation is 1. The molecule has 2 aromatic heterocycles. The number of aromatic nitrogens is 3. The fourth-order valence-electron chi connectivity index (χ4n) is 9.35. The molecule has 9 rings (SSSR count). The molecule has 16 heteroatoms. The van der Waals surface area contributed by atoms with E-state index in [1.807, 2.05) is 18.7 Å². The zero-order valence-corrected chi connectivity index (χ0v) is 42.9. The maximum atomic E-state index is 14.7. The maximum absolute atomic E-state index is 14.7. The van der Waals surface area contributed by atoms with Crippen molar-refractivity contribution in [3.8, 4) is 35.4 Å². The zero-order valence-electron chi connectivity index (χ0n) is 42.9. The molecule has 3 fully saturated rings. The molecule has 0 radical (unpaired) electrons. The van der Waals surface area contributed by atoms with Crippen LogP contribution < -0.4 is 47.4 Å². The number of ether oxygens (including phenoxy) is 1. The third-order valence-corrected chi connectivity index (χ3v) is 13.8. The van der Waals surface area contributed by atoms with Gasteiger partial charge in [0.05, 0.1) is 40.4 Å². The Morgan fingerprint density at radius 2 is 1.68 bits per heavy atom. The van der Waals surface area contributed by atoms with E-state index in [2.05, 4.69) is 51.5 Å². The molecular weight excluding hydrogens is 914 g/mol. The first kappa shape index (κ1) is 58.8. The second-order valence-electron chi connectivity index (χ2n) is 19.4. The van der Waals surface area contributed by atoms with Crippen molar-refractivity contribution in [2.24, 2.45) is 11.3 Å². The quantitative estimate of drug-likeness (QED) is 0.0815. The number of aliphatic hydroxyl groups is 1. The molecule has 2 aliphatic heterocycles. The second kappa shape index (κ2) is 25.4. The average molecular weight is 977 g/mol.